The molecule has 1 aromatic heterocycles. The smallest absolute Gasteiger partial charge is 0.227 e. The SMILES string of the molecule is COc1ccc(OC)c(CNC(=O)CCc2nc(-c3ccccc3F)no2)c1. The number of nitrogens with zero attached hydrogens (tertiary/aromatic N) is 2. The third kappa shape index (κ3) is 4.64. The topological polar surface area (TPSA) is 86.5 Å². The van der Waals surface area contributed by atoms with Crippen molar-refractivity contribution >= 4 is 5.91 Å². The van der Waals surface area contributed by atoms with Crippen molar-refractivity contribution in [3.05, 3.63) is 59.7 Å². The molecule has 1 N–H and O–H groups in total. The zero-order chi connectivity index (χ0) is 19.9. The number of nitrogens with one attached hydrogen (secondary N) is 1. The van der Waals surface area contributed by atoms with E-state index in [9.17, 15) is 9.18 Å². The number of halogens is 1. The Morgan fingerprint density at radius 3 is 2.75 bits per heavy atom. The monoisotopic (exact) mass is 385 g/mol. The molecule has 0 aliphatic carbocycles. The summed E-state index contributed by atoms with van der Waals surface area (Å²) in [6.07, 6.45) is 0.410. The Balaban J connectivity index is 1.55. The van der Waals surface area contributed by atoms with Crippen LogP contribution in [0.1, 0.15) is 17.9 Å². The Bertz CT molecular complexity index is 958. The highest BCUT2D eigenvalue weighted by Crippen LogP contribution is 2.24. The number of ether oxygens (including phenoxy) is 2. The number of hydrogen-bond acceptors (Lipinski definition) is 6. The van der Waals surface area contributed by atoms with E-state index in [2.05, 4.69) is 15.5 Å². The fraction of sp³-hybridized carbons (Fsp3) is 0.250. The van der Waals surface area contributed by atoms with E-state index in [1.54, 1.807) is 50.6 Å². The molecule has 28 heavy (non-hydrogen) atoms. The molecule has 0 spiro atoms. The van der Waals surface area contributed by atoms with E-state index in [4.69, 9.17) is 14.0 Å². The number of hydrogen-bond donors (Lipinski definition) is 1. The van der Waals surface area contributed by atoms with Crippen LogP contribution < -0.4 is 14.8 Å². The van der Waals surface area contributed by atoms with E-state index in [0.717, 1.165) is 5.56 Å². The van der Waals surface area contributed by atoms with Gasteiger partial charge in [0.25, 0.3) is 0 Å². The lowest BCUT2D eigenvalue weighted by molar-refractivity contribution is -0.121. The molecule has 0 atom stereocenters. The van der Waals surface area contributed by atoms with Crippen molar-refractivity contribution in [1.29, 1.82) is 0 Å². The molecule has 0 aliphatic rings. The van der Waals surface area contributed by atoms with Crippen molar-refractivity contribution < 1.29 is 23.2 Å². The average molecular weight is 385 g/mol. The van der Waals surface area contributed by atoms with Crippen LogP contribution in [0.15, 0.2) is 47.0 Å². The van der Waals surface area contributed by atoms with Crippen molar-refractivity contribution in [2.24, 2.45) is 0 Å². The van der Waals surface area contributed by atoms with Gasteiger partial charge in [-0.25, -0.2) is 4.39 Å². The number of carbonyl (C=O) groups is 1. The Kier molecular flexibility index (Phi) is 6.21. The van der Waals surface area contributed by atoms with E-state index >= 15 is 0 Å². The summed E-state index contributed by atoms with van der Waals surface area (Å²) in [5.74, 6) is 1.15. The minimum atomic E-state index is -0.431. The van der Waals surface area contributed by atoms with Gasteiger partial charge in [-0.2, -0.15) is 4.98 Å². The first-order chi connectivity index (χ1) is 13.6. The Morgan fingerprint density at radius 2 is 2.00 bits per heavy atom. The molecule has 0 saturated heterocycles. The molecule has 2 aromatic carbocycles. The summed E-state index contributed by atoms with van der Waals surface area (Å²) in [4.78, 5) is 16.3. The molecule has 1 amide bonds. The largest absolute Gasteiger partial charge is 0.497 e. The highest BCUT2D eigenvalue weighted by molar-refractivity contribution is 5.76. The second-order valence-electron chi connectivity index (χ2n) is 5.95. The summed E-state index contributed by atoms with van der Waals surface area (Å²) in [5.41, 5.74) is 1.06. The highest BCUT2D eigenvalue weighted by Gasteiger charge is 2.14. The van der Waals surface area contributed by atoms with Crippen LogP contribution in [0.2, 0.25) is 0 Å². The van der Waals surface area contributed by atoms with Gasteiger partial charge in [-0.15, -0.1) is 0 Å². The standard InChI is InChI=1S/C20H20FN3O4/c1-26-14-7-8-17(27-2)13(11-14)12-22-18(25)9-10-19-23-20(24-28-19)15-5-3-4-6-16(15)21/h3-8,11H,9-10,12H2,1-2H3,(H,22,25). The minimum Gasteiger partial charge on any atom is -0.497 e. The second kappa shape index (κ2) is 8.98. The maximum Gasteiger partial charge on any atom is 0.227 e. The number of methoxy groups -OCH3 is 2. The minimum absolute atomic E-state index is 0.158. The first-order valence-corrected chi connectivity index (χ1v) is 8.65. The van der Waals surface area contributed by atoms with Gasteiger partial charge in [0.15, 0.2) is 0 Å². The van der Waals surface area contributed by atoms with E-state index in [1.807, 2.05) is 0 Å². The second-order valence-corrected chi connectivity index (χ2v) is 5.95. The molecule has 7 nitrogen and oxygen atoms in total. The van der Waals surface area contributed by atoms with E-state index in [1.165, 1.54) is 6.07 Å². The number of carbonyl (C=O) groups excluding carboxylic acids is 1. The lowest BCUT2D eigenvalue weighted by Crippen LogP contribution is -2.23. The summed E-state index contributed by atoms with van der Waals surface area (Å²) in [5, 5.41) is 6.59. The van der Waals surface area contributed by atoms with Gasteiger partial charge in [0.2, 0.25) is 17.6 Å². The van der Waals surface area contributed by atoms with Crippen LogP contribution in [-0.2, 0) is 17.8 Å². The van der Waals surface area contributed by atoms with Crippen LogP contribution in [0.25, 0.3) is 11.4 Å². The quantitative estimate of drug-likeness (QED) is 0.641. The van der Waals surface area contributed by atoms with Gasteiger partial charge in [0.1, 0.15) is 17.3 Å². The Hall–Kier alpha value is -3.42. The van der Waals surface area contributed by atoms with Gasteiger partial charge < -0.3 is 19.3 Å². The summed E-state index contributed by atoms with van der Waals surface area (Å²) < 4.78 is 29.4. The number of amides is 1. The van der Waals surface area contributed by atoms with Crippen LogP contribution in [-0.4, -0.2) is 30.3 Å². The first kappa shape index (κ1) is 19.3. The lowest BCUT2D eigenvalue weighted by Gasteiger charge is -2.11. The van der Waals surface area contributed by atoms with Gasteiger partial charge in [-0.05, 0) is 30.3 Å². The van der Waals surface area contributed by atoms with Crippen molar-refractivity contribution in [3.8, 4) is 22.9 Å². The van der Waals surface area contributed by atoms with Crippen LogP contribution in [0.5, 0.6) is 11.5 Å². The molecular formula is C20H20FN3O4. The summed E-state index contributed by atoms with van der Waals surface area (Å²) in [6.45, 7) is 0.295. The third-order valence-corrected chi connectivity index (χ3v) is 4.11. The molecule has 0 saturated carbocycles. The Morgan fingerprint density at radius 1 is 1.18 bits per heavy atom. The van der Waals surface area contributed by atoms with Crippen LogP contribution >= 0.6 is 0 Å². The van der Waals surface area contributed by atoms with Crippen molar-refractivity contribution in [2.75, 3.05) is 14.2 Å². The number of aromatic nitrogens is 2. The molecular weight excluding hydrogens is 365 g/mol. The molecule has 1 heterocycles. The van der Waals surface area contributed by atoms with Gasteiger partial charge in [0, 0.05) is 24.9 Å². The molecule has 146 valence electrons. The number of aryl methyl sites for hydroxylation is 1. The molecule has 0 unspecified atom stereocenters. The fourth-order valence-electron chi connectivity index (χ4n) is 2.63. The molecule has 3 aromatic rings. The zero-order valence-electron chi connectivity index (χ0n) is 15.6. The normalized spacial score (nSPS) is 10.5. The molecule has 3 rings (SSSR count). The zero-order valence-corrected chi connectivity index (χ0v) is 15.6. The van der Waals surface area contributed by atoms with Crippen LogP contribution in [0.3, 0.4) is 0 Å². The van der Waals surface area contributed by atoms with Gasteiger partial charge in [-0.1, -0.05) is 17.3 Å². The third-order valence-electron chi connectivity index (χ3n) is 4.11. The summed E-state index contributed by atoms with van der Waals surface area (Å²) in [6, 6.07) is 11.5. The average Bonchev–Trinajstić information content (AvgIpc) is 3.19. The predicted molar refractivity (Wildman–Crippen MR) is 99.4 cm³/mol. The van der Waals surface area contributed by atoms with Crippen molar-refractivity contribution in [3.63, 3.8) is 0 Å². The molecule has 0 bridgehead atoms. The van der Waals surface area contributed by atoms with Crippen LogP contribution in [0.4, 0.5) is 4.39 Å². The molecule has 0 aliphatic heterocycles. The first-order valence-electron chi connectivity index (χ1n) is 8.65. The molecule has 0 radical (unpaired) electrons. The van der Waals surface area contributed by atoms with E-state index < -0.39 is 5.82 Å². The van der Waals surface area contributed by atoms with Gasteiger partial charge in [-0.3, -0.25) is 4.79 Å². The summed E-state index contributed by atoms with van der Waals surface area (Å²) >= 11 is 0. The maximum absolute atomic E-state index is 13.8. The van der Waals surface area contributed by atoms with Crippen molar-refractivity contribution in [2.45, 2.75) is 19.4 Å². The summed E-state index contributed by atoms with van der Waals surface area (Å²) in [7, 11) is 3.14. The predicted octanol–water partition coefficient (Wildman–Crippen LogP) is 3.14. The van der Waals surface area contributed by atoms with Crippen LogP contribution in [0, 0.1) is 5.82 Å². The highest BCUT2D eigenvalue weighted by atomic mass is 19.1. The lowest BCUT2D eigenvalue weighted by atomic mass is 10.2. The number of benzene rings is 2. The van der Waals surface area contributed by atoms with Gasteiger partial charge >= 0.3 is 0 Å². The number of rotatable bonds is 8. The fourth-order valence-corrected chi connectivity index (χ4v) is 2.63. The maximum atomic E-state index is 13.8. The van der Waals surface area contributed by atoms with Gasteiger partial charge in [0.05, 0.1) is 19.8 Å². The molecule has 0 fully saturated rings. The Labute approximate surface area is 161 Å². The van der Waals surface area contributed by atoms with E-state index in [-0.39, 0.29) is 36.0 Å². The van der Waals surface area contributed by atoms with Crippen molar-refractivity contribution in [1.82, 2.24) is 15.5 Å². The molecule has 8 heteroatoms. The van der Waals surface area contributed by atoms with E-state index in [0.29, 0.717) is 18.0 Å².